The van der Waals surface area contributed by atoms with Gasteiger partial charge in [0.15, 0.2) is 0 Å². The van der Waals surface area contributed by atoms with E-state index in [-0.39, 0.29) is 12.0 Å². The minimum atomic E-state index is -0.0207. The summed E-state index contributed by atoms with van der Waals surface area (Å²) in [4.78, 5) is 0. The van der Waals surface area contributed by atoms with Crippen molar-refractivity contribution in [1.82, 2.24) is 0 Å². The quantitative estimate of drug-likeness (QED) is 0.172. The number of hydrogen-bond acceptors (Lipinski definition) is 2. The average Bonchev–Trinajstić information content (AvgIpc) is 3.78. The highest BCUT2D eigenvalue weighted by atomic mass is 16.5. The molecule has 2 unspecified atom stereocenters. The van der Waals surface area contributed by atoms with Crippen molar-refractivity contribution in [1.29, 1.82) is 0 Å². The Bertz CT molecular complexity index is 3270. The molecule has 1 aromatic heterocycles. The van der Waals surface area contributed by atoms with Gasteiger partial charge in [0.2, 0.25) is 0 Å². The lowest BCUT2D eigenvalue weighted by Crippen LogP contribution is -2.16. The molecule has 252 valence electrons. The van der Waals surface area contributed by atoms with Crippen LogP contribution in [0.1, 0.15) is 17.0 Å². The largest absolute Gasteiger partial charge is 0.485 e. The van der Waals surface area contributed by atoms with E-state index in [0.29, 0.717) is 0 Å². The van der Waals surface area contributed by atoms with Crippen LogP contribution in [0.25, 0.3) is 92.9 Å². The lowest BCUT2D eigenvalue weighted by molar-refractivity contribution is 0.269. The van der Waals surface area contributed by atoms with Crippen LogP contribution in [0, 0.1) is 0 Å². The summed E-state index contributed by atoms with van der Waals surface area (Å²) in [6.45, 7) is 0. The van der Waals surface area contributed by atoms with E-state index < -0.39 is 0 Å². The molecule has 9 aromatic carbocycles. The first kappa shape index (κ1) is 29.7. The Hall–Kier alpha value is -6.90. The molecular formula is C52H32O2. The number of rotatable bonds is 3. The van der Waals surface area contributed by atoms with Crippen molar-refractivity contribution < 1.29 is 9.15 Å². The molecule has 12 rings (SSSR count). The number of fused-ring (bicyclic) bond motifs is 11. The predicted molar refractivity (Wildman–Crippen MR) is 225 cm³/mol. The monoisotopic (exact) mass is 688 g/mol. The first-order chi connectivity index (χ1) is 26.7. The second-order valence-corrected chi connectivity index (χ2v) is 14.8. The van der Waals surface area contributed by atoms with Crippen LogP contribution in [0.5, 0.6) is 5.75 Å². The zero-order chi connectivity index (χ0) is 35.3. The molecule has 1 aliphatic carbocycles. The summed E-state index contributed by atoms with van der Waals surface area (Å²) < 4.78 is 12.9. The zero-order valence-electron chi connectivity index (χ0n) is 29.3. The van der Waals surface area contributed by atoms with E-state index in [1.165, 1.54) is 82.0 Å². The fraction of sp³-hybridized carbons (Fsp3) is 0.0385. The third kappa shape index (κ3) is 4.53. The maximum atomic E-state index is 6.50. The van der Waals surface area contributed by atoms with Gasteiger partial charge >= 0.3 is 0 Å². The molecule has 2 heteroatoms. The SMILES string of the molecule is C1=CC2Oc3cc4oc5ccc(-c6ccc7ccc(-c8cc9ccccc9c9ccccc89)cc7c6)cc5c4cc3C2C=C1c1ccc2ccccc2c1. The van der Waals surface area contributed by atoms with Gasteiger partial charge in [-0.05, 0) is 125 Å². The minimum Gasteiger partial charge on any atom is -0.485 e. The van der Waals surface area contributed by atoms with Crippen LogP contribution in [0.15, 0.2) is 186 Å². The number of hydrogen-bond donors (Lipinski definition) is 0. The van der Waals surface area contributed by atoms with Crippen LogP contribution in [0.2, 0.25) is 0 Å². The van der Waals surface area contributed by atoms with Gasteiger partial charge in [0.05, 0.1) is 0 Å². The molecule has 2 nitrogen and oxygen atoms in total. The summed E-state index contributed by atoms with van der Waals surface area (Å²) in [6.07, 6.45) is 6.78. The summed E-state index contributed by atoms with van der Waals surface area (Å²) in [6, 6.07) is 59.7. The van der Waals surface area contributed by atoms with E-state index in [9.17, 15) is 0 Å². The highest BCUT2D eigenvalue weighted by Gasteiger charge is 2.34. The van der Waals surface area contributed by atoms with Gasteiger partial charge in [0.1, 0.15) is 23.0 Å². The standard InChI is InChI=1S/C52H32O2/c1-2-8-33-23-34(16-13-31(33)7-1)36-19-21-49-45(26-36)47-29-48-46-27-37(20-22-50(46)54-52(48)30-51(47)53-49)35-17-14-32-15-18-39(25-40(32)24-35)44-28-38-9-3-4-10-41(38)42-11-5-6-12-43(42)44/h1-30,45,49H. The van der Waals surface area contributed by atoms with Crippen molar-refractivity contribution in [3.05, 3.63) is 193 Å². The van der Waals surface area contributed by atoms with Gasteiger partial charge in [-0.2, -0.15) is 0 Å². The van der Waals surface area contributed by atoms with Gasteiger partial charge in [-0.3, -0.25) is 0 Å². The van der Waals surface area contributed by atoms with Gasteiger partial charge in [-0.1, -0.05) is 127 Å². The third-order valence-corrected chi connectivity index (χ3v) is 11.7. The van der Waals surface area contributed by atoms with Gasteiger partial charge < -0.3 is 9.15 Å². The van der Waals surface area contributed by atoms with E-state index >= 15 is 0 Å². The molecule has 54 heavy (non-hydrogen) atoms. The molecule has 0 fully saturated rings. The molecule has 2 heterocycles. The lowest BCUT2D eigenvalue weighted by atomic mass is 9.86. The molecule has 0 saturated heterocycles. The molecule has 1 aliphatic heterocycles. The van der Waals surface area contributed by atoms with E-state index in [1.54, 1.807) is 0 Å². The van der Waals surface area contributed by atoms with Crippen molar-refractivity contribution in [2.75, 3.05) is 0 Å². The van der Waals surface area contributed by atoms with Crippen molar-refractivity contribution >= 4 is 70.6 Å². The summed E-state index contributed by atoms with van der Waals surface area (Å²) in [5, 5.41) is 12.3. The van der Waals surface area contributed by atoms with E-state index in [0.717, 1.165) is 27.7 Å². The highest BCUT2D eigenvalue weighted by molar-refractivity contribution is 6.14. The van der Waals surface area contributed by atoms with Gasteiger partial charge in [0.25, 0.3) is 0 Å². The molecule has 0 radical (unpaired) electrons. The fourth-order valence-electron chi connectivity index (χ4n) is 9.00. The third-order valence-electron chi connectivity index (χ3n) is 11.7. The molecule has 2 aliphatic rings. The van der Waals surface area contributed by atoms with Crippen LogP contribution in [-0.4, -0.2) is 6.10 Å². The Kier molecular flexibility index (Phi) is 6.20. The Morgan fingerprint density at radius 2 is 1.06 bits per heavy atom. The average molecular weight is 689 g/mol. The summed E-state index contributed by atoms with van der Waals surface area (Å²) in [5.74, 6) is 1.04. The molecule has 0 amide bonds. The minimum absolute atomic E-state index is 0.0207. The van der Waals surface area contributed by atoms with Crippen LogP contribution >= 0.6 is 0 Å². The smallest absolute Gasteiger partial charge is 0.139 e. The molecule has 2 atom stereocenters. The van der Waals surface area contributed by atoms with Crippen molar-refractivity contribution in [3.8, 4) is 28.0 Å². The second-order valence-electron chi connectivity index (χ2n) is 14.8. The van der Waals surface area contributed by atoms with Gasteiger partial charge in [-0.15, -0.1) is 0 Å². The second kappa shape index (κ2) is 11.3. The van der Waals surface area contributed by atoms with Gasteiger partial charge in [-0.25, -0.2) is 0 Å². The molecule has 10 aromatic rings. The summed E-state index contributed by atoms with van der Waals surface area (Å²) in [5.41, 5.74) is 10.2. The number of benzene rings is 9. The maximum absolute atomic E-state index is 6.50. The van der Waals surface area contributed by atoms with Crippen LogP contribution in [0.4, 0.5) is 0 Å². The normalized spacial score (nSPS) is 16.3. The van der Waals surface area contributed by atoms with Crippen molar-refractivity contribution in [3.63, 3.8) is 0 Å². The number of allylic oxidation sites excluding steroid dienone is 2. The van der Waals surface area contributed by atoms with E-state index in [2.05, 4.69) is 182 Å². The van der Waals surface area contributed by atoms with Gasteiger partial charge in [0, 0.05) is 28.3 Å². The Morgan fingerprint density at radius 1 is 0.407 bits per heavy atom. The molecular weight excluding hydrogens is 657 g/mol. The fourth-order valence-corrected chi connectivity index (χ4v) is 9.00. The molecule has 0 bridgehead atoms. The van der Waals surface area contributed by atoms with Crippen LogP contribution in [-0.2, 0) is 0 Å². The molecule has 0 N–H and O–H groups in total. The lowest BCUT2D eigenvalue weighted by Gasteiger charge is -2.19. The summed E-state index contributed by atoms with van der Waals surface area (Å²) in [7, 11) is 0. The van der Waals surface area contributed by atoms with Crippen molar-refractivity contribution in [2.45, 2.75) is 12.0 Å². The molecule has 0 saturated carbocycles. The maximum Gasteiger partial charge on any atom is 0.139 e. The zero-order valence-corrected chi connectivity index (χ0v) is 29.3. The predicted octanol–water partition coefficient (Wildman–Crippen LogP) is 14.0. The van der Waals surface area contributed by atoms with Crippen molar-refractivity contribution in [2.24, 2.45) is 0 Å². The first-order valence-corrected chi connectivity index (χ1v) is 18.7. The Labute approximate surface area is 311 Å². The highest BCUT2D eigenvalue weighted by Crippen LogP contribution is 2.47. The molecule has 0 spiro atoms. The van der Waals surface area contributed by atoms with E-state index in [4.69, 9.17) is 9.15 Å². The van der Waals surface area contributed by atoms with Crippen LogP contribution < -0.4 is 4.74 Å². The Morgan fingerprint density at radius 3 is 1.94 bits per heavy atom. The number of furan rings is 1. The topological polar surface area (TPSA) is 22.4 Å². The summed E-state index contributed by atoms with van der Waals surface area (Å²) >= 11 is 0. The van der Waals surface area contributed by atoms with Crippen LogP contribution in [0.3, 0.4) is 0 Å². The number of ether oxygens (including phenoxy) is 1. The first-order valence-electron chi connectivity index (χ1n) is 18.7. The van der Waals surface area contributed by atoms with E-state index in [1.807, 2.05) is 0 Å². The Balaban J connectivity index is 0.935.